The molecule has 174 valence electrons. The molecule has 4 amide bonds. The van der Waals surface area contributed by atoms with Crippen molar-refractivity contribution in [1.82, 2.24) is 15.1 Å². The summed E-state index contributed by atoms with van der Waals surface area (Å²) >= 11 is 0. The zero-order valence-corrected chi connectivity index (χ0v) is 19.0. The topological polar surface area (TPSA) is 81.8 Å². The van der Waals surface area contributed by atoms with Crippen LogP contribution in [-0.4, -0.2) is 53.8 Å². The van der Waals surface area contributed by atoms with Gasteiger partial charge in [0.05, 0.1) is 5.92 Å². The van der Waals surface area contributed by atoms with E-state index in [1.807, 2.05) is 59.5 Å². The summed E-state index contributed by atoms with van der Waals surface area (Å²) in [6.45, 7) is 3.04. The van der Waals surface area contributed by atoms with E-state index in [0.717, 1.165) is 50.0 Å². The lowest BCUT2D eigenvalue weighted by molar-refractivity contribution is -0.126. The Kier molecular flexibility index (Phi) is 7.60. The van der Waals surface area contributed by atoms with E-state index < -0.39 is 0 Å². The van der Waals surface area contributed by atoms with Gasteiger partial charge in [-0.15, -0.1) is 0 Å². The third-order valence-corrected chi connectivity index (χ3v) is 6.39. The molecule has 2 heterocycles. The predicted molar refractivity (Wildman–Crippen MR) is 128 cm³/mol. The fraction of sp³-hybridized carbons (Fsp3) is 0.423. The maximum absolute atomic E-state index is 12.8. The fourth-order valence-electron chi connectivity index (χ4n) is 4.53. The number of para-hydroxylation sites is 1. The first-order valence-corrected chi connectivity index (χ1v) is 11.9. The molecule has 7 nitrogen and oxygen atoms in total. The van der Waals surface area contributed by atoms with Crippen molar-refractivity contribution in [2.45, 2.75) is 38.6 Å². The van der Waals surface area contributed by atoms with Crippen molar-refractivity contribution in [3.63, 3.8) is 0 Å². The molecule has 1 atom stereocenters. The van der Waals surface area contributed by atoms with Gasteiger partial charge in [-0.2, -0.15) is 0 Å². The number of carbonyl (C=O) groups excluding carboxylic acids is 3. The average molecular weight is 449 g/mol. The lowest BCUT2D eigenvalue weighted by Gasteiger charge is -2.32. The minimum absolute atomic E-state index is 0.0556. The van der Waals surface area contributed by atoms with Gasteiger partial charge in [0.25, 0.3) is 5.91 Å². The first-order valence-electron chi connectivity index (χ1n) is 11.9. The number of hydrogen-bond donors (Lipinski definition) is 2. The summed E-state index contributed by atoms with van der Waals surface area (Å²) < 4.78 is 0. The first-order chi connectivity index (χ1) is 16.1. The van der Waals surface area contributed by atoms with Crippen molar-refractivity contribution in [2.75, 3.05) is 31.5 Å². The van der Waals surface area contributed by atoms with Gasteiger partial charge in [-0.3, -0.25) is 9.59 Å². The third-order valence-electron chi connectivity index (χ3n) is 6.39. The molecule has 2 aromatic rings. The molecule has 2 N–H and O–H groups in total. The fourth-order valence-corrected chi connectivity index (χ4v) is 4.53. The zero-order valence-electron chi connectivity index (χ0n) is 19.0. The number of amides is 4. The van der Waals surface area contributed by atoms with E-state index in [9.17, 15) is 14.4 Å². The number of hydrogen-bond acceptors (Lipinski definition) is 3. The highest BCUT2D eigenvalue weighted by Crippen LogP contribution is 2.19. The second-order valence-corrected chi connectivity index (χ2v) is 8.85. The number of likely N-dealkylation sites (tertiary alicyclic amines) is 2. The SMILES string of the molecule is O=C(NCc1cccc(C(=O)N2CCCCC2)c1)C1CCCN(C(=O)Nc2ccccc2)C1. The van der Waals surface area contributed by atoms with Crippen LogP contribution in [-0.2, 0) is 11.3 Å². The predicted octanol–water partition coefficient (Wildman–Crippen LogP) is 3.87. The van der Waals surface area contributed by atoms with Crippen LogP contribution < -0.4 is 10.6 Å². The van der Waals surface area contributed by atoms with E-state index in [0.29, 0.717) is 25.2 Å². The van der Waals surface area contributed by atoms with E-state index in [4.69, 9.17) is 0 Å². The molecule has 1 unspecified atom stereocenters. The molecule has 33 heavy (non-hydrogen) atoms. The Morgan fingerprint density at radius 3 is 2.39 bits per heavy atom. The Labute approximate surface area is 195 Å². The summed E-state index contributed by atoms with van der Waals surface area (Å²) in [5.41, 5.74) is 2.32. The van der Waals surface area contributed by atoms with Crippen LogP contribution in [0.3, 0.4) is 0 Å². The Balaban J connectivity index is 1.29. The molecular formula is C26H32N4O3. The summed E-state index contributed by atoms with van der Waals surface area (Å²) in [5, 5.41) is 5.89. The molecule has 2 saturated heterocycles. The number of rotatable bonds is 5. The van der Waals surface area contributed by atoms with Crippen molar-refractivity contribution in [2.24, 2.45) is 5.92 Å². The first kappa shape index (κ1) is 22.8. The maximum atomic E-state index is 12.8. The molecule has 0 bridgehead atoms. The molecule has 4 rings (SSSR count). The highest BCUT2D eigenvalue weighted by atomic mass is 16.2. The normalized spacial score (nSPS) is 18.5. The highest BCUT2D eigenvalue weighted by Gasteiger charge is 2.28. The number of piperidine rings is 2. The van der Waals surface area contributed by atoms with Crippen LogP contribution in [0.25, 0.3) is 0 Å². The molecule has 0 spiro atoms. The summed E-state index contributed by atoms with van der Waals surface area (Å²) in [6, 6.07) is 16.7. The number of benzene rings is 2. The molecule has 2 aliphatic heterocycles. The van der Waals surface area contributed by atoms with Gasteiger partial charge in [0.15, 0.2) is 0 Å². The van der Waals surface area contributed by atoms with Gasteiger partial charge in [-0.25, -0.2) is 4.79 Å². The zero-order chi connectivity index (χ0) is 23.0. The van der Waals surface area contributed by atoms with E-state index in [1.165, 1.54) is 6.42 Å². The lowest BCUT2D eigenvalue weighted by Crippen LogP contribution is -2.46. The van der Waals surface area contributed by atoms with Crippen LogP contribution in [0.5, 0.6) is 0 Å². The van der Waals surface area contributed by atoms with Crippen molar-refractivity contribution < 1.29 is 14.4 Å². The maximum Gasteiger partial charge on any atom is 0.321 e. The number of carbonyl (C=O) groups is 3. The molecule has 2 fully saturated rings. The molecule has 2 aliphatic rings. The van der Waals surface area contributed by atoms with Crippen LogP contribution in [0.1, 0.15) is 48.0 Å². The van der Waals surface area contributed by atoms with Gasteiger partial charge in [0.2, 0.25) is 5.91 Å². The smallest absolute Gasteiger partial charge is 0.321 e. The lowest BCUT2D eigenvalue weighted by atomic mass is 9.97. The third kappa shape index (κ3) is 6.12. The van der Waals surface area contributed by atoms with Crippen molar-refractivity contribution >= 4 is 23.5 Å². The van der Waals surface area contributed by atoms with Crippen molar-refractivity contribution in [3.05, 3.63) is 65.7 Å². The minimum Gasteiger partial charge on any atom is -0.352 e. The van der Waals surface area contributed by atoms with Gasteiger partial charge < -0.3 is 20.4 Å². The number of urea groups is 1. The molecule has 0 radical (unpaired) electrons. The summed E-state index contributed by atoms with van der Waals surface area (Å²) in [5.74, 6) is -0.228. The van der Waals surface area contributed by atoms with Crippen LogP contribution in [0.2, 0.25) is 0 Å². The van der Waals surface area contributed by atoms with Gasteiger partial charge in [0.1, 0.15) is 0 Å². The monoisotopic (exact) mass is 448 g/mol. The highest BCUT2D eigenvalue weighted by molar-refractivity contribution is 5.94. The van der Waals surface area contributed by atoms with Crippen LogP contribution in [0.4, 0.5) is 10.5 Å². The molecular weight excluding hydrogens is 416 g/mol. The van der Waals surface area contributed by atoms with Gasteiger partial charge in [-0.1, -0.05) is 30.3 Å². The largest absolute Gasteiger partial charge is 0.352 e. The van der Waals surface area contributed by atoms with E-state index >= 15 is 0 Å². The van der Waals surface area contributed by atoms with Gasteiger partial charge in [0, 0.05) is 44.0 Å². The summed E-state index contributed by atoms with van der Waals surface area (Å²) in [4.78, 5) is 41.8. The summed E-state index contributed by atoms with van der Waals surface area (Å²) in [6.07, 6.45) is 4.85. The van der Waals surface area contributed by atoms with Gasteiger partial charge in [-0.05, 0) is 61.9 Å². The summed E-state index contributed by atoms with van der Waals surface area (Å²) in [7, 11) is 0. The second-order valence-electron chi connectivity index (χ2n) is 8.85. The van der Waals surface area contributed by atoms with Crippen LogP contribution >= 0.6 is 0 Å². The standard InChI is InChI=1S/C26H32N4O3/c31-24(22-11-8-16-30(19-22)26(33)28-23-12-3-1-4-13-23)27-18-20-9-7-10-21(17-20)25(32)29-14-5-2-6-15-29/h1,3-4,7,9-10,12-13,17,22H,2,5-6,8,11,14-16,18-19H2,(H,27,31)(H,28,33). The Hall–Kier alpha value is -3.35. The Bertz CT molecular complexity index is 973. The van der Waals surface area contributed by atoms with Crippen LogP contribution in [0.15, 0.2) is 54.6 Å². The number of nitrogens with zero attached hydrogens (tertiary/aromatic N) is 2. The van der Waals surface area contributed by atoms with E-state index in [-0.39, 0.29) is 23.8 Å². The second kappa shape index (κ2) is 11.0. The molecule has 0 aromatic heterocycles. The number of nitrogens with one attached hydrogen (secondary N) is 2. The average Bonchev–Trinajstić information content (AvgIpc) is 2.88. The number of anilines is 1. The Morgan fingerprint density at radius 1 is 0.848 bits per heavy atom. The molecule has 0 saturated carbocycles. The quantitative estimate of drug-likeness (QED) is 0.729. The minimum atomic E-state index is -0.238. The van der Waals surface area contributed by atoms with Crippen molar-refractivity contribution in [1.29, 1.82) is 0 Å². The van der Waals surface area contributed by atoms with Crippen molar-refractivity contribution in [3.8, 4) is 0 Å². The van der Waals surface area contributed by atoms with E-state index in [1.54, 1.807) is 4.90 Å². The van der Waals surface area contributed by atoms with E-state index in [2.05, 4.69) is 10.6 Å². The Morgan fingerprint density at radius 2 is 1.61 bits per heavy atom. The van der Waals surface area contributed by atoms with Gasteiger partial charge >= 0.3 is 6.03 Å². The van der Waals surface area contributed by atoms with Crippen LogP contribution in [0, 0.1) is 5.92 Å². The molecule has 2 aromatic carbocycles. The molecule has 7 heteroatoms. The molecule has 0 aliphatic carbocycles.